The van der Waals surface area contributed by atoms with Crippen LogP contribution in [0.4, 0.5) is 5.69 Å². The van der Waals surface area contributed by atoms with Gasteiger partial charge < -0.3 is 14.4 Å². The van der Waals surface area contributed by atoms with Crippen molar-refractivity contribution >= 4 is 33.2 Å². The van der Waals surface area contributed by atoms with Gasteiger partial charge in [-0.3, -0.25) is 9.69 Å². The lowest BCUT2D eigenvalue weighted by molar-refractivity contribution is 0.00824. The van der Waals surface area contributed by atoms with Crippen LogP contribution in [0.2, 0.25) is 5.02 Å². The molecule has 0 radical (unpaired) electrons. The average molecular weight is 684 g/mol. The van der Waals surface area contributed by atoms with E-state index in [1.54, 1.807) is 13.0 Å². The molecule has 0 unspecified atom stereocenters. The van der Waals surface area contributed by atoms with E-state index in [2.05, 4.69) is 26.7 Å². The fraction of sp³-hybridized carbons (Fsp3) is 0.649. The maximum Gasteiger partial charge on any atom is 0.264 e. The largest absolute Gasteiger partial charge is 0.490 e. The van der Waals surface area contributed by atoms with Gasteiger partial charge in [-0.25, -0.2) is 13.1 Å². The van der Waals surface area contributed by atoms with E-state index >= 15 is 0 Å². The summed E-state index contributed by atoms with van der Waals surface area (Å²) in [5.74, 6) is 1.82. The number of rotatable bonds is 2. The molecule has 0 aromatic heterocycles. The molecule has 8 nitrogen and oxygen atoms in total. The number of carbonyl (C=O) groups excluding carboxylic acids is 1. The summed E-state index contributed by atoms with van der Waals surface area (Å²) in [6.07, 6.45) is 8.41. The lowest BCUT2D eigenvalue weighted by atomic mass is 9.65. The number of hydrogen-bond acceptors (Lipinski definition) is 7. The van der Waals surface area contributed by atoms with Crippen LogP contribution >= 0.6 is 11.6 Å². The first-order chi connectivity index (χ1) is 22.6. The van der Waals surface area contributed by atoms with Crippen LogP contribution in [-0.4, -0.2) is 77.0 Å². The number of ether oxygens (including phenoxy) is 2. The normalized spacial score (nSPS) is 33.0. The van der Waals surface area contributed by atoms with Crippen molar-refractivity contribution in [2.75, 3.05) is 57.4 Å². The minimum atomic E-state index is -3.86. The Balaban J connectivity index is 1.27. The summed E-state index contributed by atoms with van der Waals surface area (Å²) in [6, 6.07) is 11.8. The summed E-state index contributed by atoms with van der Waals surface area (Å²) in [4.78, 5) is 18.6. The molecule has 47 heavy (non-hydrogen) atoms. The number of anilines is 1. The molecule has 10 heteroatoms. The number of amides is 1. The number of hydrogen-bond donors (Lipinski definition) is 1. The van der Waals surface area contributed by atoms with Gasteiger partial charge in [-0.1, -0.05) is 31.0 Å². The molecule has 1 saturated carbocycles. The van der Waals surface area contributed by atoms with Gasteiger partial charge >= 0.3 is 0 Å². The first-order valence-electron chi connectivity index (χ1n) is 17.8. The third-order valence-corrected chi connectivity index (χ3v) is 14.3. The molecule has 3 heterocycles. The summed E-state index contributed by atoms with van der Waals surface area (Å²) < 4.78 is 41.6. The van der Waals surface area contributed by atoms with Gasteiger partial charge in [0.25, 0.3) is 5.91 Å². The second-order valence-electron chi connectivity index (χ2n) is 15.1. The van der Waals surface area contributed by atoms with Crippen molar-refractivity contribution in [2.45, 2.75) is 75.9 Å². The average Bonchev–Trinajstić information content (AvgIpc) is 3.19. The second-order valence-corrected chi connectivity index (χ2v) is 17.5. The minimum Gasteiger partial charge on any atom is -0.490 e. The Bertz CT molecular complexity index is 1580. The van der Waals surface area contributed by atoms with Crippen LogP contribution < -0.4 is 14.4 Å². The van der Waals surface area contributed by atoms with E-state index in [-0.39, 0.29) is 11.3 Å². The van der Waals surface area contributed by atoms with Gasteiger partial charge in [-0.15, -0.1) is 0 Å². The first kappa shape index (κ1) is 33.2. The van der Waals surface area contributed by atoms with E-state index < -0.39 is 21.2 Å². The van der Waals surface area contributed by atoms with E-state index in [0.29, 0.717) is 29.9 Å². The molecule has 256 valence electrons. The Kier molecular flexibility index (Phi) is 9.55. The molecule has 2 aliphatic carbocycles. The number of nitrogens with zero attached hydrogens (tertiary/aromatic N) is 2. The Morgan fingerprint density at radius 2 is 1.85 bits per heavy atom. The van der Waals surface area contributed by atoms with Gasteiger partial charge in [0, 0.05) is 48.7 Å². The smallest absolute Gasteiger partial charge is 0.264 e. The Morgan fingerprint density at radius 1 is 1.02 bits per heavy atom. The molecule has 2 aromatic rings. The number of sulfonamides is 1. The van der Waals surface area contributed by atoms with E-state index in [0.717, 1.165) is 101 Å². The molecule has 6 atom stereocenters. The second kappa shape index (κ2) is 13.5. The molecule has 1 N–H and O–H groups in total. The summed E-state index contributed by atoms with van der Waals surface area (Å²) >= 11 is 6.47. The van der Waals surface area contributed by atoms with Gasteiger partial charge in [0.2, 0.25) is 10.0 Å². The van der Waals surface area contributed by atoms with Crippen molar-refractivity contribution in [1.82, 2.24) is 9.62 Å². The van der Waals surface area contributed by atoms with Gasteiger partial charge in [-0.2, -0.15) is 0 Å². The molecular weight excluding hydrogens is 634 g/mol. The van der Waals surface area contributed by atoms with E-state index in [1.807, 2.05) is 25.1 Å². The maximum atomic E-state index is 13.5. The van der Waals surface area contributed by atoms with Crippen molar-refractivity contribution in [3.63, 3.8) is 0 Å². The monoisotopic (exact) mass is 683 g/mol. The SMILES string of the molecule is C[C@@H]1[C@@H](C)CCC[C@H](CN2CCOCC2)[C@@H]2CC[C@H]2CN2C[C@@]3(CCCc4cc(Cl)ccc43)COc3ccc(cc32)C(=O)NS1(=O)=O. The predicted octanol–water partition coefficient (Wildman–Crippen LogP) is 6.06. The van der Waals surface area contributed by atoms with Crippen LogP contribution in [0.25, 0.3) is 0 Å². The molecule has 2 aromatic carbocycles. The molecular formula is C37H50ClN3O5S. The predicted molar refractivity (Wildman–Crippen MR) is 186 cm³/mol. The first-order valence-corrected chi connectivity index (χ1v) is 19.7. The van der Waals surface area contributed by atoms with Crippen LogP contribution in [0.1, 0.15) is 80.3 Å². The summed E-state index contributed by atoms with van der Waals surface area (Å²) in [5, 5.41) is 0.0930. The Hall–Kier alpha value is -2.33. The molecule has 1 saturated heterocycles. The lowest BCUT2D eigenvalue weighted by Gasteiger charge is -2.48. The third-order valence-electron chi connectivity index (χ3n) is 12.2. The summed E-state index contributed by atoms with van der Waals surface area (Å²) in [7, 11) is -3.86. The standard InChI is InChI=1S/C37H50ClN3O5S/c1-25-5-3-6-29(21-40-15-17-45-18-16-40)32-11-8-30(32)22-41-23-37(14-4-7-27-19-31(38)10-12-33(27)37)24-46-35-13-9-28(20-34(35)41)36(42)39-47(43,44)26(25)2/h9-10,12-13,19-20,25-26,29-30,32H,3-8,11,14-18,21-24H2,1-2H3,(H,39,42)/t25-,26+,29+,30-,32-,37-/m0/s1. The van der Waals surface area contributed by atoms with E-state index in [4.69, 9.17) is 21.1 Å². The molecule has 1 spiro atoms. The van der Waals surface area contributed by atoms with Crippen molar-refractivity contribution < 1.29 is 22.7 Å². The van der Waals surface area contributed by atoms with Crippen LogP contribution in [0.3, 0.4) is 0 Å². The quantitative estimate of drug-likeness (QED) is 0.412. The van der Waals surface area contributed by atoms with Crippen molar-refractivity contribution in [1.29, 1.82) is 0 Å². The number of halogens is 1. The Labute approximate surface area is 285 Å². The van der Waals surface area contributed by atoms with Crippen molar-refractivity contribution in [3.05, 3.63) is 58.1 Å². The molecule has 2 fully saturated rings. The number of morpholine rings is 1. The number of aryl methyl sites for hydroxylation is 1. The van der Waals surface area contributed by atoms with E-state index in [1.165, 1.54) is 24.0 Å². The van der Waals surface area contributed by atoms with E-state index in [9.17, 15) is 13.2 Å². The van der Waals surface area contributed by atoms with Gasteiger partial charge in [-0.05, 0) is 117 Å². The highest BCUT2D eigenvalue weighted by Gasteiger charge is 2.45. The number of benzene rings is 2. The Morgan fingerprint density at radius 3 is 2.64 bits per heavy atom. The number of fused-ring (bicyclic) bond motifs is 4. The van der Waals surface area contributed by atoms with Crippen LogP contribution in [0, 0.1) is 23.7 Å². The molecule has 2 bridgehead atoms. The maximum absolute atomic E-state index is 13.5. The minimum absolute atomic E-state index is 0.0604. The van der Waals surface area contributed by atoms with Gasteiger partial charge in [0.15, 0.2) is 0 Å². The molecule has 3 aliphatic heterocycles. The van der Waals surface area contributed by atoms with Gasteiger partial charge in [0.05, 0.1) is 30.8 Å². The van der Waals surface area contributed by atoms with Crippen molar-refractivity contribution in [3.8, 4) is 5.75 Å². The number of carbonyl (C=O) groups is 1. The molecule has 7 rings (SSSR count). The highest BCUT2D eigenvalue weighted by atomic mass is 35.5. The van der Waals surface area contributed by atoms with Crippen LogP contribution in [-0.2, 0) is 26.6 Å². The third kappa shape index (κ3) is 6.79. The van der Waals surface area contributed by atoms with Crippen LogP contribution in [0.15, 0.2) is 36.4 Å². The van der Waals surface area contributed by atoms with Crippen molar-refractivity contribution in [2.24, 2.45) is 23.7 Å². The zero-order chi connectivity index (χ0) is 32.8. The summed E-state index contributed by atoms with van der Waals surface area (Å²) in [5.41, 5.74) is 3.64. The molecule has 5 aliphatic rings. The summed E-state index contributed by atoms with van der Waals surface area (Å²) in [6.45, 7) is 10.6. The topological polar surface area (TPSA) is 88.2 Å². The fourth-order valence-corrected chi connectivity index (χ4v) is 10.6. The molecule has 1 amide bonds. The van der Waals surface area contributed by atoms with Crippen LogP contribution in [0.5, 0.6) is 5.75 Å². The highest BCUT2D eigenvalue weighted by molar-refractivity contribution is 7.90. The van der Waals surface area contributed by atoms with Gasteiger partial charge in [0.1, 0.15) is 5.75 Å². The fourth-order valence-electron chi connectivity index (χ4n) is 9.06. The highest BCUT2D eigenvalue weighted by Crippen LogP contribution is 2.48. The number of nitrogens with one attached hydrogen (secondary N) is 1. The zero-order valence-electron chi connectivity index (χ0n) is 27.9. The lowest BCUT2D eigenvalue weighted by Crippen LogP contribution is -2.50. The zero-order valence-corrected chi connectivity index (χ0v) is 29.5.